The van der Waals surface area contributed by atoms with Crippen LogP contribution in [0.4, 0.5) is 0 Å². The fraction of sp³-hybridized carbons (Fsp3) is 0.0417. The Morgan fingerprint density at radius 2 is 0.923 bits per heavy atom. The quantitative estimate of drug-likeness (QED) is 0.481. The molecule has 4 aromatic rings. The monoisotopic (exact) mass is 355 g/mol. The van der Waals surface area contributed by atoms with E-state index in [1.807, 2.05) is 12.3 Å². The Morgan fingerprint density at radius 1 is 0.500 bits per heavy atom. The molecule has 0 atom stereocenters. The lowest BCUT2D eigenvalue weighted by atomic mass is 10.3. The van der Waals surface area contributed by atoms with Crippen molar-refractivity contribution in [3.8, 4) is 0 Å². The van der Waals surface area contributed by atoms with Gasteiger partial charge >= 0.3 is 0 Å². The van der Waals surface area contributed by atoms with Crippen molar-refractivity contribution in [3.05, 3.63) is 121 Å². The topological polar surface area (TPSA) is 14.1 Å². The first-order valence-electron chi connectivity index (χ1n) is 8.90. The van der Waals surface area contributed by atoms with Crippen LogP contribution < -0.4 is 20.9 Å². The molecule has 4 rings (SSSR count). The second kappa shape index (κ2) is 7.64. The summed E-state index contributed by atoms with van der Waals surface area (Å²) in [7, 11) is -1.81. The Morgan fingerprint density at radius 3 is 1.31 bits per heavy atom. The highest BCUT2D eigenvalue weighted by Crippen LogP contribution is 2.57. The number of aromatic nitrogens is 1. The van der Waals surface area contributed by atoms with Crippen LogP contribution in [-0.2, 0) is 6.16 Å². The van der Waals surface area contributed by atoms with E-state index in [1.54, 1.807) is 0 Å². The van der Waals surface area contributed by atoms with Crippen LogP contribution >= 0.6 is 7.26 Å². The number of aromatic amines is 1. The molecule has 0 bridgehead atoms. The Kier molecular flexibility index (Phi) is 4.91. The molecule has 0 amide bonds. The minimum Gasteiger partial charge on any atom is -0.212 e. The van der Waals surface area contributed by atoms with Gasteiger partial charge in [0.25, 0.3) is 0 Å². The largest absolute Gasteiger partial charge is 0.218 e. The molecule has 1 heterocycles. The van der Waals surface area contributed by atoms with Gasteiger partial charge in [0.1, 0.15) is 23.2 Å². The maximum absolute atomic E-state index is 3.46. The first-order chi connectivity index (χ1) is 12.9. The van der Waals surface area contributed by atoms with E-state index in [0.29, 0.717) is 0 Å². The number of pyridine rings is 1. The van der Waals surface area contributed by atoms with E-state index in [-0.39, 0.29) is 0 Å². The average molecular weight is 355 g/mol. The average Bonchev–Trinajstić information content (AvgIpc) is 2.75. The Hall–Kier alpha value is -2.76. The standard InChI is InChI=1S/C24H21NP/c1-4-13-22(14-5-1)26(23-15-6-2-7-16-23,24-17-8-3-9-18-24)20-21-12-10-11-19-25-21/h1-19H,20H2/q+1/p+1. The lowest BCUT2D eigenvalue weighted by Crippen LogP contribution is -2.33. The van der Waals surface area contributed by atoms with Gasteiger partial charge in [-0.1, -0.05) is 54.6 Å². The van der Waals surface area contributed by atoms with Gasteiger partial charge in [-0.05, 0) is 42.5 Å². The number of H-pyrrole nitrogens is 1. The van der Waals surface area contributed by atoms with Gasteiger partial charge < -0.3 is 0 Å². The molecule has 0 aliphatic rings. The van der Waals surface area contributed by atoms with Crippen LogP contribution in [0.25, 0.3) is 0 Å². The number of rotatable bonds is 5. The van der Waals surface area contributed by atoms with E-state index in [4.69, 9.17) is 0 Å². The number of hydrogen-bond donors (Lipinski definition) is 0. The van der Waals surface area contributed by atoms with Crippen LogP contribution in [0.3, 0.4) is 0 Å². The molecule has 0 aliphatic carbocycles. The van der Waals surface area contributed by atoms with Gasteiger partial charge in [0.15, 0.2) is 12.4 Å². The molecule has 1 aromatic heterocycles. The second-order valence-corrected chi connectivity index (χ2v) is 9.85. The molecule has 1 N–H and O–H groups in total. The molecule has 0 unspecified atom stereocenters. The Bertz CT molecular complexity index is 842. The van der Waals surface area contributed by atoms with Crippen LogP contribution in [-0.4, -0.2) is 0 Å². The summed E-state index contributed by atoms with van der Waals surface area (Å²) in [5.74, 6) is 0. The third-order valence-electron chi connectivity index (χ3n) is 4.77. The van der Waals surface area contributed by atoms with Crippen molar-refractivity contribution in [2.75, 3.05) is 0 Å². The van der Waals surface area contributed by atoms with Crippen molar-refractivity contribution in [3.63, 3.8) is 0 Å². The zero-order valence-corrected chi connectivity index (χ0v) is 15.5. The molecule has 1 nitrogen and oxygen atoms in total. The molecular formula is C24H22NP+2. The van der Waals surface area contributed by atoms with Gasteiger partial charge in [-0.15, -0.1) is 0 Å². The maximum Gasteiger partial charge on any atom is 0.218 e. The van der Waals surface area contributed by atoms with Crippen molar-refractivity contribution < 1.29 is 4.98 Å². The van der Waals surface area contributed by atoms with Gasteiger partial charge in [0, 0.05) is 12.1 Å². The predicted molar refractivity (Wildman–Crippen MR) is 112 cm³/mol. The third-order valence-corrected chi connectivity index (χ3v) is 9.13. The molecular weight excluding hydrogens is 333 g/mol. The molecule has 2 heteroatoms. The highest BCUT2D eigenvalue weighted by Gasteiger charge is 2.46. The summed E-state index contributed by atoms with van der Waals surface area (Å²) in [6.45, 7) is 0. The summed E-state index contributed by atoms with van der Waals surface area (Å²) in [4.78, 5) is 3.46. The van der Waals surface area contributed by atoms with Crippen LogP contribution in [0.1, 0.15) is 5.69 Å². The smallest absolute Gasteiger partial charge is 0.212 e. The van der Waals surface area contributed by atoms with Gasteiger partial charge in [-0.3, -0.25) is 0 Å². The molecule has 0 radical (unpaired) electrons. The van der Waals surface area contributed by atoms with E-state index in [2.05, 4.69) is 108 Å². The normalized spacial score (nSPS) is 11.2. The van der Waals surface area contributed by atoms with Gasteiger partial charge in [0.05, 0.1) is 0 Å². The molecule has 0 fully saturated rings. The van der Waals surface area contributed by atoms with Crippen molar-refractivity contribution in [1.82, 2.24) is 0 Å². The fourth-order valence-electron chi connectivity index (χ4n) is 3.55. The minimum atomic E-state index is -1.81. The van der Waals surface area contributed by atoms with Crippen LogP contribution in [0.5, 0.6) is 0 Å². The molecule has 126 valence electrons. The third kappa shape index (κ3) is 3.19. The van der Waals surface area contributed by atoms with Crippen molar-refractivity contribution >= 4 is 23.2 Å². The summed E-state index contributed by atoms with van der Waals surface area (Å²) in [5.41, 5.74) is 1.26. The Labute approximate surface area is 155 Å². The minimum absolute atomic E-state index is 0.978. The summed E-state index contributed by atoms with van der Waals surface area (Å²) < 4.78 is 0. The summed E-state index contributed by atoms with van der Waals surface area (Å²) >= 11 is 0. The van der Waals surface area contributed by atoms with Gasteiger partial charge in [0.2, 0.25) is 5.69 Å². The molecule has 0 saturated carbocycles. The summed E-state index contributed by atoms with van der Waals surface area (Å²) in [5, 5.41) is 4.24. The first kappa shape index (κ1) is 16.7. The van der Waals surface area contributed by atoms with Gasteiger partial charge in [-0.25, -0.2) is 4.98 Å². The number of nitrogens with one attached hydrogen (secondary N) is 1. The van der Waals surface area contributed by atoms with E-state index in [9.17, 15) is 0 Å². The predicted octanol–water partition coefficient (Wildman–Crippen LogP) is 3.99. The van der Waals surface area contributed by atoms with Crippen LogP contribution in [0, 0.1) is 0 Å². The summed E-state index contributed by atoms with van der Waals surface area (Å²) in [6, 6.07) is 39.3. The highest BCUT2D eigenvalue weighted by atomic mass is 31.2. The summed E-state index contributed by atoms with van der Waals surface area (Å²) in [6.07, 6.45) is 3.00. The molecule has 26 heavy (non-hydrogen) atoms. The van der Waals surface area contributed by atoms with Crippen molar-refractivity contribution in [2.24, 2.45) is 0 Å². The maximum atomic E-state index is 3.46. The molecule has 3 aromatic carbocycles. The lowest BCUT2D eigenvalue weighted by molar-refractivity contribution is -0.388. The molecule has 0 spiro atoms. The zero-order chi connectivity index (χ0) is 17.7. The number of hydrogen-bond acceptors (Lipinski definition) is 0. The highest BCUT2D eigenvalue weighted by molar-refractivity contribution is 7.95. The van der Waals surface area contributed by atoms with E-state index in [1.165, 1.54) is 21.6 Å². The van der Waals surface area contributed by atoms with Crippen molar-refractivity contribution in [1.29, 1.82) is 0 Å². The fourth-order valence-corrected chi connectivity index (χ4v) is 7.75. The van der Waals surface area contributed by atoms with E-state index < -0.39 is 7.26 Å². The first-order valence-corrected chi connectivity index (χ1v) is 10.9. The SMILES string of the molecule is c1ccc([P+](Cc2cccc[nH+]2)(c2ccccc2)c2ccccc2)cc1. The molecule has 0 saturated heterocycles. The van der Waals surface area contributed by atoms with Crippen LogP contribution in [0.2, 0.25) is 0 Å². The zero-order valence-electron chi connectivity index (χ0n) is 14.6. The Balaban J connectivity index is 2.00. The van der Waals surface area contributed by atoms with Crippen LogP contribution in [0.15, 0.2) is 115 Å². The van der Waals surface area contributed by atoms with E-state index in [0.717, 1.165) is 6.16 Å². The van der Waals surface area contributed by atoms with Gasteiger partial charge in [-0.2, -0.15) is 0 Å². The van der Waals surface area contributed by atoms with E-state index >= 15 is 0 Å². The van der Waals surface area contributed by atoms with Crippen molar-refractivity contribution in [2.45, 2.75) is 6.16 Å². The lowest BCUT2D eigenvalue weighted by Gasteiger charge is -2.26. The number of benzene rings is 3. The second-order valence-electron chi connectivity index (χ2n) is 6.36. The molecule has 0 aliphatic heterocycles.